The summed E-state index contributed by atoms with van der Waals surface area (Å²) in [7, 11) is -3.35. The molecule has 19 heavy (non-hydrogen) atoms. The van der Waals surface area contributed by atoms with Gasteiger partial charge in [0.1, 0.15) is 5.41 Å². The quantitative estimate of drug-likeness (QED) is 0.903. The van der Waals surface area contributed by atoms with Crippen LogP contribution in [0, 0.1) is 23.7 Å². The fourth-order valence-electron chi connectivity index (χ4n) is 2.71. The maximum atomic E-state index is 12.1. The van der Waals surface area contributed by atoms with E-state index in [0.717, 1.165) is 11.1 Å². The first-order valence-corrected chi connectivity index (χ1v) is 7.94. The summed E-state index contributed by atoms with van der Waals surface area (Å²) < 4.78 is 24.2. The van der Waals surface area contributed by atoms with Gasteiger partial charge >= 0.3 is 0 Å². The normalized spacial score (nSPS) is 29.8. The highest BCUT2D eigenvalue weighted by atomic mass is 32.2. The minimum absolute atomic E-state index is 0.0105. The van der Waals surface area contributed by atoms with E-state index in [1.807, 2.05) is 37.3 Å². The minimum atomic E-state index is -3.35. The van der Waals surface area contributed by atoms with E-state index in [1.54, 1.807) is 6.92 Å². The van der Waals surface area contributed by atoms with Crippen molar-refractivity contribution < 1.29 is 13.5 Å². The third-order valence-electron chi connectivity index (χ3n) is 3.95. The maximum Gasteiger partial charge on any atom is 0.155 e. The second-order valence-electron chi connectivity index (χ2n) is 5.07. The summed E-state index contributed by atoms with van der Waals surface area (Å²) in [6.45, 7) is 3.09. The second kappa shape index (κ2) is 4.62. The highest BCUT2D eigenvalue weighted by Gasteiger charge is 2.71. The van der Waals surface area contributed by atoms with Gasteiger partial charge in [0, 0.05) is 11.7 Å². The Balaban J connectivity index is 2.46. The van der Waals surface area contributed by atoms with Crippen LogP contribution in [-0.4, -0.2) is 31.1 Å². The molecule has 0 radical (unpaired) electrons. The minimum Gasteiger partial charge on any atom is -0.395 e. The van der Waals surface area contributed by atoms with Crippen LogP contribution in [-0.2, 0) is 9.84 Å². The molecule has 2 rings (SSSR count). The Morgan fingerprint density at radius 3 is 2.37 bits per heavy atom. The molecule has 1 aliphatic rings. The number of hydrogen-bond donors (Lipinski definition) is 1. The van der Waals surface area contributed by atoms with Crippen LogP contribution >= 0.6 is 0 Å². The molecule has 1 aromatic rings. The number of rotatable bonds is 4. The summed E-state index contributed by atoms with van der Waals surface area (Å²) in [5, 5.41) is 18.0. The van der Waals surface area contributed by atoms with E-state index in [-0.39, 0.29) is 5.75 Å². The molecule has 0 heterocycles. The second-order valence-corrected chi connectivity index (χ2v) is 7.48. The van der Waals surface area contributed by atoms with Gasteiger partial charge in [-0.15, -0.1) is 0 Å². The van der Waals surface area contributed by atoms with Gasteiger partial charge in [-0.05, 0) is 12.5 Å². The van der Waals surface area contributed by atoms with Crippen LogP contribution in [0.2, 0.25) is 0 Å². The summed E-state index contributed by atoms with van der Waals surface area (Å²) in [6, 6.07) is 9.49. The number of aliphatic hydroxyl groups excluding tert-OH is 1. The van der Waals surface area contributed by atoms with E-state index in [2.05, 4.69) is 0 Å². The molecule has 4 nitrogen and oxygen atoms in total. The Morgan fingerprint density at radius 2 is 1.95 bits per heavy atom. The summed E-state index contributed by atoms with van der Waals surface area (Å²) >= 11 is 0. The highest BCUT2D eigenvalue weighted by molar-refractivity contribution is 7.92. The van der Waals surface area contributed by atoms with Crippen LogP contribution in [0.1, 0.15) is 24.0 Å². The molecule has 0 aliphatic heterocycles. The third kappa shape index (κ3) is 2.05. The van der Waals surface area contributed by atoms with Gasteiger partial charge in [-0.25, -0.2) is 8.42 Å². The summed E-state index contributed by atoms with van der Waals surface area (Å²) in [5.74, 6) is -0.434. The van der Waals surface area contributed by atoms with Crippen LogP contribution in [0.3, 0.4) is 0 Å². The van der Waals surface area contributed by atoms with Crippen LogP contribution < -0.4 is 0 Å². The Morgan fingerprint density at radius 1 is 1.37 bits per heavy atom. The molecule has 1 saturated carbocycles. The Kier molecular flexibility index (Phi) is 3.41. The van der Waals surface area contributed by atoms with E-state index in [4.69, 9.17) is 0 Å². The molecule has 1 fully saturated rings. The molecular formula is C14H17NO3S. The monoisotopic (exact) mass is 279 g/mol. The molecule has 1 aromatic carbocycles. The van der Waals surface area contributed by atoms with Crippen LogP contribution in [0.15, 0.2) is 24.3 Å². The lowest BCUT2D eigenvalue weighted by atomic mass is 10.0. The third-order valence-corrected chi connectivity index (χ3v) is 6.22. The standard InChI is InChI=1S/C14H17NO3S/c1-3-19(17,18)13-12(14(13,8-15)9-16)11-6-4-10(2)5-7-11/h4-7,12-13,16H,3,9H2,1-2H3/t12-,13+,14-/m0/s1. The fourth-order valence-corrected chi connectivity index (χ4v) is 4.72. The number of sulfone groups is 1. The topological polar surface area (TPSA) is 78.2 Å². The molecule has 5 heteroatoms. The van der Waals surface area contributed by atoms with Crippen molar-refractivity contribution in [3.63, 3.8) is 0 Å². The molecule has 0 spiro atoms. The number of nitriles is 1. The van der Waals surface area contributed by atoms with E-state index in [1.165, 1.54) is 0 Å². The Hall–Kier alpha value is -1.38. The summed E-state index contributed by atoms with van der Waals surface area (Å²) in [4.78, 5) is 0. The largest absolute Gasteiger partial charge is 0.395 e. The molecular weight excluding hydrogens is 262 g/mol. The van der Waals surface area contributed by atoms with Crippen molar-refractivity contribution in [1.82, 2.24) is 0 Å². The van der Waals surface area contributed by atoms with Crippen LogP contribution in [0.5, 0.6) is 0 Å². The van der Waals surface area contributed by atoms with Crippen molar-refractivity contribution in [2.45, 2.75) is 25.0 Å². The van der Waals surface area contributed by atoms with Gasteiger partial charge in [0.25, 0.3) is 0 Å². The van der Waals surface area contributed by atoms with Crippen molar-refractivity contribution in [2.75, 3.05) is 12.4 Å². The zero-order valence-electron chi connectivity index (χ0n) is 11.0. The van der Waals surface area contributed by atoms with Gasteiger partial charge in [-0.3, -0.25) is 0 Å². The van der Waals surface area contributed by atoms with Crippen molar-refractivity contribution in [2.24, 2.45) is 5.41 Å². The molecule has 0 unspecified atom stereocenters. The highest BCUT2D eigenvalue weighted by Crippen LogP contribution is 2.62. The van der Waals surface area contributed by atoms with Gasteiger partial charge in [0.15, 0.2) is 9.84 Å². The number of benzene rings is 1. The molecule has 0 bridgehead atoms. The molecule has 1 N–H and O–H groups in total. The average Bonchev–Trinajstić information content (AvgIpc) is 3.10. The lowest BCUT2D eigenvalue weighted by molar-refractivity contribution is 0.242. The maximum absolute atomic E-state index is 12.1. The molecule has 0 amide bonds. The van der Waals surface area contributed by atoms with Crippen LogP contribution in [0.25, 0.3) is 0 Å². The van der Waals surface area contributed by atoms with E-state index < -0.39 is 33.0 Å². The first kappa shape index (κ1) is 14.0. The number of aryl methyl sites for hydroxylation is 1. The van der Waals surface area contributed by atoms with Gasteiger partial charge < -0.3 is 5.11 Å². The van der Waals surface area contributed by atoms with Crippen molar-refractivity contribution in [3.8, 4) is 6.07 Å². The lowest BCUT2D eigenvalue weighted by Gasteiger charge is -2.04. The van der Waals surface area contributed by atoms with Crippen molar-refractivity contribution >= 4 is 9.84 Å². The molecule has 102 valence electrons. The van der Waals surface area contributed by atoms with Crippen molar-refractivity contribution in [3.05, 3.63) is 35.4 Å². The number of aliphatic hydroxyl groups is 1. The van der Waals surface area contributed by atoms with Crippen LogP contribution in [0.4, 0.5) is 0 Å². The van der Waals surface area contributed by atoms with E-state index in [9.17, 15) is 18.8 Å². The van der Waals surface area contributed by atoms with E-state index in [0.29, 0.717) is 0 Å². The summed E-state index contributed by atoms with van der Waals surface area (Å²) in [6.07, 6.45) is 0. The number of nitrogens with zero attached hydrogens (tertiary/aromatic N) is 1. The first-order valence-electron chi connectivity index (χ1n) is 6.23. The molecule has 0 saturated heterocycles. The van der Waals surface area contributed by atoms with Gasteiger partial charge in [-0.1, -0.05) is 36.8 Å². The zero-order chi connectivity index (χ0) is 14.3. The number of hydrogen-bond acceptors (Lipinski definition) is 4. The Bertz CT molecular complexity index is 615. The average molecular weight is 279 g/mol. The predicted molar refractivity (Wildman–Crippen MR) is 72.3 cm³/mol. The Labute approximate surface area is 113 Å². The van der Waals surface area contributed by atoms with Gasteiger partial charge in [-0.2, -0.15) is 5.26 Å². The molecule has 1 aliphatic carbocycles. The smallest absolute Gasteiger partial charge is 0.155 e. The van der Waals surface area contributed by atoms with Gasteiger partial charge in [0.05, 0.1) is 17.9 Å². The molecule has 0 aromatic heterocycles. The van der Waals surface area contributed by atoms with Gasteiger partial charge in [0.2, 0.25) is 0 Å². The zero-order valence-corrected chi connectivity index (χ0v) is 11.8. The predicted octanol–water partition coefficient (Wildman–Crippen LogP) is 1.40. The van der Waals surface area contributed by atoms with Crippen molar-refractivity contribution in [1.29, 1.82) is 5.26 Å². The lowest BCUT2D eigenvalue weighted by Crippen LogP contribution is -2.19. The SMILES string of the molecule is CCS(=O)(=O)[C@@H]1[C@H](c2ccc(C)cc2)[C@]1(C#N)CO. The fraction of sp³-hybridized carbons (Fsp3) is 0.500. The summed E-state index contributed by atoms with van der Waals surface area (Å²) in [5.41, 5.74) is 0.707. The van der Waals surface area contributed by atoms with E-state index >= 15 is 0 Å². The molecule has 3 atom stereocenters. The first-order chi connectivity index (χ1) is 8.93.